The first-order chi connectivity index (χ1) is 17.9. The molecular weight excluding hydrogens is 512 g/mol. The monoisotopic (exact) mass is 536 g/mol. The van der Waals surface area contributed by atoms with Crippen LogP contribution in [0.4, 0.5) is 11.4 Å². The van der Waals surface area contributed by atoms with Gasteiger partial charge < -0.3 is 14.1 Å². The number of thioether (sulfide) groups is 1. The summed E-state index contributed by atoms with van der Waals surface area (Å²) in [6, 6.07) is 20.7. The molecule has 0 saturated heterocycles. The number of fused-ring (bicyclic) bond motifs is 1. The number of aromatic nitrogens is 2. The Morgan fingerprint density at radius 2 is 1.81 bits per heavy atom. The molecule has 0 bridgehead atoms. The fraction of sp³-hybridized carbons (Fsp3) is 0.192. The number of para-hydroxylation sites is 1. The second-order valence-corrected chi connectivity index (χ2v) is 10.9. The van der Waals surface area contributed by atoms with Gasteiger partial charge in [-0.1, -0.05) is 30.0 Å². The lowest BCUT2D eigenvalue weighted by Gasteiger charge is -2.29. The van der Waals surface area contributed by atoms with E-state index in [0.717, 1.165) is 18.5 Å². The van der Waals surface area contributed by atoms with Gasteiger partial charge in [-0.2, -0.15) is 0 Å². The first kappa shape index (κ1) is 24.8. The van der Waals surface area contributed by atoms with Gasteiger partial charge >= 0.3 is 0 Å². The van der Waals surface area contributed by atoms with Crippen LogP contribution in [-0.2, 0) is 21.2 Å². The van der Waals surface area contributed by atoms with Crippen molar-refractivity contribution < 1.29 is 22.4 Å². The van der Waals surface area contributed by atoms with Gasteiger partial charge in [0.1, 0.15) is 5.75 Å². The van der Waals surface area contributed by atoms with Crippen LogP contribution in [0.1, 0.15) is 12.0 Å². The first-order valence-electron chi connectivity index (χ1n) is 11.5. The maximum Gasteiger partial charge on any atom is 0.277 e. The molecule has 1 aromatic heterocycles. The highest BCUT2D eigenvalue weighted by Gasteiger charge is 2.23. The number of anilines is 2. The summed E-state index contributed by atoms with van der Waals surface area (Å²) in [5, 5.41) is 8.40. The SMILES string of the molecule is COc1ccc(S(=O)(=O)Nc2ccc(-c3nnc(SCC(=O)N4CCCc5ccccc54)o3)cc2)cc1. The minimum atomic E-state index is -3.75. The molecular formula is C26H24N4O5S2. The summed E-state index contributed by atoms with van der Waals surface area (Å²) in [5.74, 6) is 1.03. The minimum absolute atomic E-state index is 0.00889. The van der Waals surface area contributed by atoms with Crippen LogP contribution in [0.5, 0.6) is 5.75 Å². The zero-order valence-corrected chi connectivity index (χ0v) is 21.6. The van der Waals surface area contributed by atoms with E-state index in [-0.39, 0.29) is 27.7 Å². The number of benzene rings is 3. The van der Waals surface area contributed by atoms with E-state index < -0.39 is 10.0 Å². The maximum absolute atomic E-state index is 12.9. The van der Waals surface area contributed by atoms with E-state index in [1.807, 2.05) is 23.1 Å². The summed E-state index contributed by atoms with van der Waals surface area (Å²) >= 11 is 1.19. The van der Waals surface area contributed by atoms with Crippen LogP contribution in [0.15, 0.2) is 87.3 Å². The van der Waals surface area contributed by atoms with Crippen LogP contribution in [0, 0.1) is 0 Å². The van der Waals surface area contributed by atoms with Crippen LogP contribution < -0.4 is 14.4 Å². The molecule has 11 heteroatoms. The van der Waals surface area contributed by atoms with Gasteiger partial charge in [0, 0.05) is 23.5 Å². The van der Waals surface area contributed by atoms with Gasteiger partial charge in [-0.05, 0) is 73.0 Å². The van der Waals surface area contributed by atoms with E-state index in [9.17, 15) is 13.2 Å². The Bertz CT molecular complexity index is 1500. The molecule has 1 aliphatic rings. The van der Waals surface area contributed by atoms with Gasteiger partial charge in [0.2, 0.25) is 11.8 Å². The Hall–Kier alpha value is -3.83. The molecule has 1 N–H and O–H groups in total. The van der Waals surface area contributed by atoms with Crippen LogP contribution in [0.25, 0.3) is 11.5 Å². The Morgan fingerprint density at radius 3 is 2.57 bits per heavy atom. The number of nitrogens with one attached hydrogen (secondary N) is 1. The molecule has 2 heterocycles. The molecule has 0 saturated carbocycles. The predicted molar refractivity (Wildman–Crippen MR) is 141 cm³/mol. The third kappa shape index (κ3) is 5.62. The smallest absolute Gasteiger partial charge is 0.277 e. The van der Waals surface area contributed by atoms with Crippen LogP contribution in [-0.4, -0.2) is 43.9 Å². The molecule has 37 heavy (non-hydrogen) atoms. The number of aryl methyl sites for hydroxylation is 1. The highest BCUT2D eigenvalue weighted by Crippen LogP contribution is 2.29. The molecule has 0 fully saturated rings. The van der Waals surface area contributed by atoms with E-state index in [4.69, 9.17) is 9.15 Å². The van der Waals surface area contributed by atoms with Crippen LogP contribution in [0.2, 0.25) is 0 Å². The number of carbonyl (C=O) groups is 1. The molecule has 0 spiro atoms. The maximum atomic E-state index is 12.9. The lowest BCUT2D eigenvalue weighted by molar-refractivity contribution is -0.116. The van der Waals surface area contributed by atoms with Gasteiger partial charge in [-0.3, -0.25) is 9.52 Å². The number of carbonyl (C=O) groups excluding carboxylic acids is 1. The first-order valence-corrected chi connectivity index (χ1v) is 14.0. The van der Waals surface area contributed by atoms with Crippen molar-refractivity contribution in [1.82, 2.24) is 10.2 Å². The molecule has 9 nitrogen and oxygen atoms in total. The van der Waals surface area contributed by atoms with Gasteiger partial charge in [0.15, 0.2) is 0 Å². The van der Waals surface area contributed by atoms with Crippen molar-refractivity contribution in [2.24, 2.45) is 0 Å². The number of methoxy groups -OCH3 is 1. The molecule has 1 aliphatic heterocycles. The zero-order chi connectivity index (χ0) is 25.8. The van der Waals surface area contributed by atoms with Crippen molar-refractivity contribution in [3.8, 4) is 17.2 Å². The van der Waals surface area contributed by atoms with E-state index in [2.05, 4.69) is 21.0 Å². The second-order valence-electron chi connectivity index (χ2n) is 8.30. The zero-order valence-electron chi connectivity index (χ0n) is 20.0. The number of hydrogen-bond acceptors (Lipinski definition) is 8. The fourth-order valence-electron chi connectivity index (χ4n) is 4.03. The number of sulfonamides is 1. The van der Waals surface area contributed by atoms with Crippen LogP contribution in [0.3, 0.4) is 0 Å². The molecule has 3 aromatic carbocycles. The molecule has 0 aliphatic carbocycles. The van der Waals surface area contributed by atoms with Crippen molar-refractivity contribution in [1.29, 1.82) is 0 Å². The topological polar surface area (TPSA) is 115 Å². The number of rotatable bonds is 8. The Morgan fingerprint density at radius 1 is 1.05 bits per heavy atom. The van der Waals surface area contributed by atoms with Gasteiger partial charge in [-0.25, -0.2) is 8.42 Å². The van der Waals surface area contributed by atoms with Crippen molar-refractivity contribution in [3.63, 3.8) is 0 Å². The highest BCUT2D eigenvalue weighted by molar-refractivity contribution is 7.99. The van der Waals surface area contributed by atoms with Gasteiger partial charge in [0.25, 0.3) is 15.2 Å². The van der Waals surface area contributed by atoms with E-state index in [0.29, 0.717) is 23.5 Å². The van der Waals surface area contributed by atoms with E-state index in [1.165, 1.54) is 36.6 Å². The number of ether oxygens (including phenoxy) is 1. The molecule has 5 rings (SSSR count). The summed E-state index contributed by atoms with van der Waals surface area (Å²) in [6.45, 7) is 0.695. The van der Waals surface area contributed by atoms with Gasteiger partial charge in [-0.15, -0.1) is 10.2 Å². The molecule has 1 amide bonds. The Balaban J connectivity index is 1.20. The number of nitrogens with zero attached hydrogens (tertiary/aromatic N) is 3. The summed E-state index contributed by atoms with van der Waals surface area (Å²) in [6.07, 6.45) is 1.91. The largest absolute Gasteiger partial charge is 0.497 e. The summed E-state index contributed by atoms with van der Waals surface area (Å²) < 4.78 is 38.6. The number of hydrogen-bond donors (Lipinski definition) is 1. The molecule has 4 aromatic rings. The average Bonchev–Trinajstić information content (AvgIpc) is 3.41. The van der Waals surface area contributed by atoms with Crippen LogP contribution >= 0.6 is 11.8 Å². The molecule has 0 atom stereocenters. The Labute approximate surface area is 218 Å². The average molecular weight is 537 g/mol. The molecule has 0 radical (unpaired) electrons. The van der Waals surface area contributed by atoms with E-state index in [1.54, 1.807) is 36.4 Å². The Kier molecular flexibility index (Phi) is 7.15. The third-order valence-electron chi connectivity index (χ3n) is 5.89. The van der Waals surface area contributed by atoms with Crippen molar-refractivity contribution in [2.45, 2.75) is 23.0 Å². The normalized spacial score (nSPS) is 13.2. The summed E-state index contributed by atoms with van der Waals surface area (Å²) in [5.41, 5.74) is 3.17. The van der Waals surface area contributed by atoms with Crippen molar-refractivity contribution in [3.05, 3.63) is 78.4 Å². The number of amides is 1. The lowest BCUT2D eigenvalue weighted by Crippen LogP contribution is -2.36. The van der Waals surface area contributed by atoms with Crippen molar-refractivity contribution in [2.75, 3.05) is 29.0 Å². The quantitative estimate of drug-likeness (QED) is 0.325. The summed E-state index contributed by atoms with van der Waals surface area (Å²) in [7, 11) is -2.23. The fourth-order valence-corrected chi connectivity index (χ4v) is 5.73. The molecule has 190 valence electrons. The lowest BCUT2D eigenvalue weighted by atomic mass is 10.0. The van der Waals surface area contributed by atoms with Gasteiger partial charge in [0.05, 0.1) is 17.8 Å². The van der Waals surface area contributed by atoms with E-state index >= 15 is 0 Å². The summed E-state index contributed by atoms with van der Waals surface area (Å²) in [4.78, 5) is 14.8. The van der Waals surface area contributed by atoms with Crippen molar-refractivity contribution >= 4 is 39.1 Å². The second kappa shape index (κ2) is 10.7. The third-order valence-corrected chi connectivity index (χ3v) is 8.09. The molecule has 0 unspecified atom stereocenters. The minimum Gasteiger partial charge on any atom is -0.497 e. The standard InChI is InChI=1S/C26H24N4O5S2/c1-34-21-12-14-22(15-13-21)37(32,33)29-20-10-8-19(9-11-20)25-27-28-26(35-25)36-17-24(31)30-16-4-6-18-5-2-3-7-23(18)30/h2-3,5,7-15,29H,4,6,16-17H2,1H3. The predicted octanol–water partition coefficient (Wildman–Crippen LogP) is 4.62. The highest BCUT2D eigenvalue weighted by atomic mass is 32.2.